The van der Waals surface area contributed by atoms with E-state index in [0.29, 0.717) is 0 Å². The summed E-state index contributed by atoms with van der Waals surface area (Å²) in [6, 6.07) is 6.60. The van der Waals surface area contributed by atoms with E-state index in [0.717, 1.165) is 5.56 Å². The molecule has 0 spiro atoms. The Morgan fingerprint density at radius 2 is 1.74 bits per heavy atom. The van der Waals surface area contributed by atoms with Crippen molar-refractivity contribution in [2.24, 2.45) is 0 Å². The van der Waals surface area contributed by atoms with Crippen molar-refractivity contribution >= 4 is 16.0 Å². The standard InChI is InChI=1S/C13H19NO4S/c1-13(2,3)10-4-6-11(7-5-10)19(17,18)14-9-8-12(15)16/h4-7,14H,8-9H2,1-3H3,(H,15,16). The predicted molar refractivity (Wildman–Crippen MR) is 72.6 cm³/mol. The summed E-state index contributed by atoms with van der Waals surface area (Å²) in [5.74, 6) is -1.04. The van der Waals surface area contributed by atoms with Gasteiger partial charge < -0.3 is 5.11 Å². The van der Waals surface area contributed by atoms with Gasteiger partial charge in [0.15, 0.2) is 0 Å². The van der Waals surface area contributed by atoms with Gasteiger partial charge in [0, 0.05) is 6.54 Å². The molecular weight excluding hydrogens is 266 g/mol. The fourth-order valence-corrected chi connectivity index (χ4v) is 2.54. The number of carboxylic acid groups (broad SMARTS) is 1. The van der Waals surface area contributed by atoms with Gasteiger partial charge in [0.05, 0.1) is 11.3 Å². The molecule has 0 atom stereocenters. The average Bonchev–Trinajstić information content (AvgIpc) is 2.27. The third-order valence-electron chi connectivity index (χ3n) is 2.66. The minimum atomic E-state index is -3.63. The molecule has 0 bridgehead atoms. The maximum absolute atomic E-state index is 11.9. The lowest BCUT2D eigenvalue weighted by atomic mass is 9.87. The second kappa shape index (κ2) is 5.71. The van der Waals surface area contributed by atoms with Crippen molar-refractivity contribution in [1.29, 1.82) is 0 Å². The molecule has 5 nitrogen and oxygen atoms in total. The normalized spacial score (nSPS) is 12.4. The van der Waals surface area contributed by atoms with Gasteiger partial charge in [0.1, 0.15) is 0 Å². The number of rotatable bonds is 5. The minimum absolute atomic E-state index is 0.0426. The summed E-state index contributed by atoms with van der Waals surface area (Å²) in [5, 5.41) is 8.47. The topological polar surface area (TPSA) is 83.5 Å². The molecule has 1 aromatic carbocycles. The van der Waals surface area contributed by atoms with Crippen molar-refractivity contribution in [3.8, 4) is 0 Å². The number of benzene rings is 1. The van der Waals surface area contributed by atoms with Gasteiger partial charge in [-0.25, -0.2) is 13.1 Å². The second-order valence-corrected chi connectivity index (χ2v) is 7.08. The van der Waals surface area contributed by atoms with Crippen LogP contribution in [0.4, 0.5) is 0 Å². The molecule has 0 aromatic heterocycles. The zero-order chi connectivity index (χ0) is 14.7. The molecule has 0 unspecified atom stereocenters. The number of hydrogen-bond donors (Lipinski definition) is 2. The highest BCUT2D eigenvalue weighted by molar-refractivity contribution is 7.89. The van der Waals surface area contributed by atoms with Crippen LogP contribution >= 0.6 is 0 Å². The molecule has 2 N–H and O–H groups in total. The van der Waals surface area contributed by atoms with Crippen molar-refractivity contribution in [3.05, 3.63) is 29.8 Å². The van der Waals surface area contributed by atoms with Crippen LogP contribution < -0.4 is 4.72 Å². The Morgan fingerprint density at radius 1 is 1.21 bits per heavy atom. The summed E-state index contributed by atoms with van der Waals surface area (Å²) in [6.07, 6.45) is -0.237. The lowest BCUT2D eigenvalue weighted by molar-refractivity contribution is -0.136. The zero-order valence-electron chi connectivity index (χ0n) is 11.3. The number of nitrogens with one attached hydrogen (secondary N) is 1. The molecule has 19 heavy (non-hydrogen) atoms. The third-order valence-corrected chi connectivity index (χ3v) is 4.14. The molecule has 0 saturated heterocycles. The van der Waals surface area contributed by atoms with E-state index in [-0.39, 0.29) is 23.3 Å². The van der Waals surface area contributed by atoms with Gasteiger partial charge >= 0.3 is 5.97 Å². The Kier molecular flexibility index (Phi) is 4.70. The lowest BCUT2D eigenvalue weighted by Gasteiger charge is -2.19. The first-order valence-corrected chi connectivity index (χ1v) is 7.43. The SMILES string of the molecule is CC(C)(C)c1ccc(S(=O)(=O)NCCC(=O)O)cc1. The largest absolute Gasteiger partial charge is 0.481 e. The molecule has 1 aromatic rings. The summed E-state index contributed by atoms with van der Waals surface area (Å²) in [5.41, 5.74) is 0.996. The van der Waals surface area contributed by atoms with Crippen LogP contribution in [-0.2, 0) is 20.2 Å². The molecule has 1 rings (SSSR count). The first kappa shape index (κ1) is 15.7. The van der Waals surface area contributed by atoms with E-state index >= 15 is 0 Å². The quantitative estimate of drug-likeness (QED) is 0.863. The monoisotopic (exact) mass is 285 g/mol. The highest BCUT2D eigenvalue weighted by Crippen LogP contribution is 2.23. The maximum Gasteiger partial charge on any atom is 0.304 e. The summed E-state index contributed by atoms with van der Waals surface area (Å²) in [7, 11) is -3.63. The molecule has 6 heteroatoms. The zero-order valence-corrected chi connectivity index (χ0v) is 12.1. The van der Waals surface area contributed by atoms with E-state index in [1.807, 2.05) is 20.8 Å². The lowest BCUT2D eigenvalue weighted by Crippen LogP contribution is -2.26. The fourth-order valence-electron chi connectivity index (χ4n) is 1.51. The van der Waals surface area contributed by atoms with Crippen LogP contribution in [0.3, 0.4) is 0 Å². The highest BCUT2D eigenvalue weighted by Gasteiger charge is 2.17. The Hall–Kier alpha value is -1.40. The van der Waals surface area contributed by atoms with E-state index in [9.17, 15) is 13.2 Å². The van der Waals surface area contributed by atoms with Crippen LogP contribution in [-0.4, -0.2) is 26.0 Å². The molecule has 0 fully saturated rings. The number of sulfonamides is 1. The highest BCUT2D eigenvalue weighted by atomic mass is 32.2. The van der Waals surface area contributed by atoms with Crippen molar-refractivity contribution < 1.29 is 18.3 Å². The number of carboxylic acids is 1. The molecule has 106 valence electrons. The third kappa shape index (κ3) is 4.65. The number of aliphatic carboxylic acids is 1. The van der Waals surface area contributed by atoms with Crippen molar-refractivity contribution in [2.45, 2.75) is 37.5 Å². The fraction of sp³-hybridized carbons (Fsp3) is 0.462. The van der Waals surface area contributed by atoms with Crippen LogP contribution in [0.5, 0.6) is 0 Å². The van der Waals surface area contributed by atoms with Crippen molar-refractivity contribution in [3.63, 3.8) is 0 Å². The summed E-state index contributed by atoms with van der Waals surface area (Å²) < 4.78 is 26.0. The first-order chi connectivity index (χ1) is 8.63. The van der Waals surface area contributed by atoms with Crippen LogP contribution in [0, 0.1) is 0 Å². The maximum atomic E-state index is 11.9. The predicted octanol–water partition coefficient (Wildman–Crippen LogP) is 1.74. The number of hydrogen-bond acceptors (Lipinski definition) is 3. The van der Waals surface area contributed by atoms with Gasteiger partial charge in [0.2, 0.25) is 10.0 Å². The molecule has 0 amide bonds. The molecule has 0 saturated carbocycles. The van der Waals surface area contributed by atoms with Crippen LogP contribution in [0.1, 0.15) is 32.8 Å². The van der Waals surface area contributed by atoms with Gasteiger partial charge in [-0.1, -0.05) is 32.9 Å². The molecule has 0 aliphatic carbocycles. The van der Waals surface area contributed by atoms with Gasteiger partial charge in [-0.2, -0.15) is 0 Å². The summed E-state index contributed by atoms with van der Waals surface area (Å²) >= 11 is 0. The van der Waals surface area contributed by atoms with Crippen LogP contribution in [0.25, 0.3) is 0 Å². The van der Waals surface area contributed by atoms with Crippen molar-refractivity contribution in [1.82, 2.24) is 4.72 Å². The van der Waals surface area contributed by atoms with Gasteiger partial charge in [0.25, 0.3) is 0 Å². The first-order valence-electron chi connectivity index (χ1n) is 5.95. The number of carbonyl (C=O) groups is 1. The van der Waals surface area contributed by atoms with Crippen LogP contribution in [0.15, 0.2) is 29.2 Å². The minimum Gasteiger partial charge on any atom is -0.481 e. The van der Waals surface area contributed by atoms with E-state index in [2.05, 4.69) is 4.72 Å². The van der Waals surface area contributed by atoms with E-state index in [1.54, 1.807) is 12.1 Å². The summed E-state index contributed by atoms with van der Waals surface area (Å²) in [4.78, 5) is 10.5. The molecule has 0 aliphatic rings. The van der Waals surface area contributed by atoms with Crippen molar-refractivity contribution in [2.75, 3.05) is 6.54 Å². The van der Waals surface area contributed by atoms with Crippen LogP contribution in [0.2, 0.25) is 0 Å². The van der Waals surface area contributed by atoms with E-state index in [1.165, 1.54) is 12.1 Å². The smallest absolute Gasteiger partial charge is 0.304 e. The van der Waals surface area contributed by atoms with Gasteiger partial charge in [-0.05, 0) is 23.1 Å². The Morgan fingerprint density at radius 3 is 2.16 bits per heavy atom. The van der Waals surface area contributed by atoms with E-state index in [4.69, 9.17) is 5.11 Å². The molecule has 0 radical (unpaired) electrons. The second-order valence-electron chi connectivity index (χ2n) is 5.32. The molecule has 0 aliphatic heterocycles. The Bertz CT molecular complexity index is 541. The summed E-state index contributed by atoms with van der Waals surface area (Å²) in [6.45, 7) is 6.02. The average molecular weight is 285 g/mol. The van der Waals surface area contributed by atoms with Gasteiger partial charge in [-0.15, -0.1) is 0 Å². The van der Waals surface area contributed by atoms with E-state index < -0.39 is 16.0 Å². The van der Waals surface area contributed by atoms with Gasteiger partial charge in [-0.3, -0.25) is 4.79 Å². The Balaban J connectivity index is 2.82. The molecule has 0 heterocycles. The Labute approximate surface area is 113 Å². The molecular formula is C13H19NO4S.